The van der Waals surface area contributed by atoms with Crippen LogP contribution >= 0.6 is 0 Å². The standard InChI is InChI=1S/C13H18.C10H14/c1-3-7-12(8-4-1)11-13-9-5-2-6-10-13;1-10(2,3)9-7-5-4-6-8-9/h1,3-4,7-8,13H,2,5-6,9-11H2;4-8H,1-3H3. The van der Waals surface area contributed by atoms with Crippen LogP contribution in [0.2, 0.25) is 0 Å². The van der Waals surface area contributed by atoms with Crippen LogP contribution in [0.1, 0.15) is 64.0 Å². The lowest BCUT2D eigenvalue weighted by molar-refractivity contribution is 0.356. The second-order valence-electron chi connectivity index (χ2n) is 7.81. The minimum Gasteiger partial charge on any atom is -0.0622 e. The Balaban J connectivity index is 0.000000174. The van der Waals surface area contributed by atoms with Crippen molar-refractivity contribution in [2.24, 2.45) is 5.92 Å². The van der Waals surface area contributed by atoms with E-state index in [1.165, 1.54) is 49.7 Å². The van der Waals surface area contributed by atoms with Crippen molar-refractivity contribution < 1.29 is 0 Å². The Labute approximate surface area is 143 Å². The van der Waals surface area contributed by atoms with Gasteiger partial charge >= 0.3 is 0 Å². The fraction of sp³-hybridized carbons (Fsp3) is 0.478. The van der Waals surface area contributed by atoms with E-state index in [-0.39, 0.29) is 0 Å². The largest absolute Gasteiger partial charge is 0.0622 e. The van der Waals surface area contributed by atoms with Crippen molar-refractivity contribution >= 4 is 0 Å². The van der Waals surface area contributed by atoms with Gasteiger partial charge in [0.2, 0.25) is 0 Å². The van der Waals surface area contributed by atoms with Gasteiger partial charge in [-0.1, -0.05) is 114 Å². The fourth-order valence-corrected chi connectivity index (χ4v) is 3.28. The molecule has 0 saturated heterocycles. The van der Waals surface area contributed by atoms with E-state index in [1.54, 1.807) is 0 Å². The molecule has 1 saturated carbocycles. The van der Waals surface area contributed by atoms with Crippen LogP contribution in [0.5, 0.6) is 0 Å². The summed E-state index contributed by atoms with van der Waals surface area (Å²) >= 11 is 0. The van der Waals surface area contributed by atoms with Gasteiger partial charge in [-0.2, -0.15) is 0 Å². The Kier molecular flexibility index (Phi) is 6.89. The molecular formula is C23H32. The van der Waals surface area contributed by atoms with Crippen molar-refractivity contribution in [2.45, 2.75) is 64.7 Å². The molecule has 0 heteroatoms. The van der Waals surface area contributed by atoms with Crippen LogP contribution in [0.25, 0.3) is 0 Å². The molecule has 0 atom stereocenters. The molecule has 2 aromatic carbocycles. The Morgan fingerprint density at radius 3 is 1.74 bits per heavy atom. The molecular weight excluding hydrogens is 276 g/mol. The van der Waals surface area contributed by atoms with E-state index in [0.29, 0.717) is 5.41 Å². The van der Waals surface area contributed by atoms with Crippen LogP contribution in [0.15, 0.2) is 60.7 Å². The summed E-state index contributed by atoms with van der Waals surface area (Å²) in [6.07, 6.45) is 8.59. The van der Waals surface area contributed by atoms with E-state index in [0.717, 1.165) is 5.92 Å². The summed E-state index contributed by atoms with van der Waals surface area (Å²) in [5.74, 6) is 0.969. The van der Waals surface area contributed by atoms with E-state index in [4.69, 9.17) is 0 Å². The molecule has 0 N–H and O–H groups in total. The third kappa shape index (κ3) is 6.60. The molecule has 3 rings (SSSR count). The lowest BCUT2D eigenvalue weighted by Crippen LogP contribution is -2.10. The first kappa shape index (κ1) is 17.8. The maximum absolute atomic E-state index is 2.26. The van der Waals surface area contributed by atoms with Gasteiger partial charge in [-0.3, -0.25) is 0 Å². The van der Waals surface area contributed by atoms with Crippen molar-refractivity contribution in [1.29, 1.82) is 0 Å². The van der Waals surface area contributed by atoms with Crippen molar-refractivity contribution in [3.05, 3.63) is 71.8 Å². The summed E-state index contributed by atoms with van der Waals surface area (Å²) < 4.78 is 0. The Hall–Kier alpha value is -1.56. The third-order valence-electron chi connectivity index (χ3n) is 4.73. The molecule has 0 bridgehead atoms. The SMILES string of the molecule is CC(C)(C)c1ccccc1.c1ccc(CC2CCCCC2)cc1. The Bertz CT molecular complexity index is 527. The average Bonchev–Trinajstić information content (AvgIpc) is 2.57. The molecule has 0 heterocycles. The van der Waals surface area contributed by atoms with Crippen molar-refractivity contribution in [3.63, 3.8) is 0 Å². The lowest BCUT2D eigenvalue weighted by Gasteiger charge is -2.21. The van der Waals surface area contributed by atoms with Gasteiger partial charge in [0.15, 0.2) is 0 Å². The highest BCUT2D eigenvalue weighted by Gasteiger charge is 2.13. The first-order chi connectivity index (χ1) is 11.1. The smallest absolute Gasteiger partial charge is 0.0132 e. The second-order valence-corrected chi connectivity index (χ2v) is 7.81. The van der Waals surface area contributed by atoms with E-state index in [9.17, 15) is 0 Å². The highest BCUT2D eigenvalue weighted by molar-refractivity contribution is 5.22. The summed E-state index contributed by atoms with van der Waals surface area (Å²) in [5.41, 5.74) is 3.21. The maximum Gasteiger partial charge on any atom is -0.0132 e. The zero-order chi connectivity index (χ0) is 16.5. The molecule has 0 radical (unpaired) electrons. The fourth-order valence-electron chi connectivity index (χ4n) is 3.28. The van der Waals surface area contributed by atoms with E-state index in [1.807, 2.05) is 0 Å². The van der Waals surface area contributed by atoms with Gasteiger partial charge in [-0.05, 0) is 28.9 Å². The zero-order valence-electron chi connectivity index (χ0n) is 15.1. The highest BCUT2D eigenvalue weighted by atomic mass is 14.2. The monoisotopic (exact) mass is 308 g/mol. The first-order valence-corrected chi connectivity index (χ1v) is 9.15. The van der Waals surface area contributed by atoms with Gasteiger partial charge in [-0.15, -0.1) is 0 Å². The molecule has 23 heavy (non-hydrogen) atoms. The van der Waals surface area contributed by atoms with Crippen molar-refractivity contribution in [3.8, 4) is 0 Å². The molecule has 1 aliphatic rings. The summed E-state index contributed by atoms with van der Waals surface area (Å²) in [6.45, 7) is 6.67. The second kappa shape index (κ2) is 8.91. The third-order valence-corrected chi connectivity index (χ3v) is 4.73. The van der Waals surface area contributed by atoms with Gasteiger partial charge < -0.3 is 0 Å². The normalized spacial score (nSPS) is 15.6. The maximum atomic E-state index is 2.26. The number of hydrogen-bond acceptors (Lipinski definition) is 0. The lowest BCUT2D eigenvalue weighted by atomic mass is 9.85. The van der Waals surface area contributed by atoms with Crippen LogP contribution in [0.3, 0.4) is 0 Å². The quantitative estimate of drug-likeness (QED) is 0.572. The van der Waals surface area contributed by atoms with E-state index in [2.05, 4.69) is 81.4 Å². The molecule has 0 spiro atoms. The molecule has 0 nitrogen and oxygen atoms in total. The van der Waals surface area contributed by atoms with Crippen molar-refractivity contribution in [2.75, 3.05) is 0 Å². The van der Waals surface area contributed by atoms with Crippen LogP contribution in [0.4, 0.5) is 0 Å². The van der Waals surface area contributed by atoms with Crippen LogP contribution < -0.4 is 0 Å². The molecule has 0 aromatic heterocycles. The van der Waals surface area contributed by atoms with E-state index >= 15 is 0 Å². The van der Waals surface area contributed by atoms with Gasteiger partial charge in [0.1, 0.15) is 0 Å². The van der Waals surface area contributed by atoms with Crippen molar-refractivity contribution in [1.82, 2.24) is 0 Å². The highest BCUT2D eigenvalue weighted by Crippen LogP contribution is 2.26. The summed E-state index contributed by atoms with van der Waals surface area (Å²) in [5, 5.41) is 0. The predicted molar refractivity (Wildman–Crippen MR) is 102 cm³/mol. The Morgan fingerprint density at radius 1 is 0.739 bits per heavy atom. The molecule has 2 aromatic rings. The molecule has 1 fully saturated rings. The number of hydrogen-bond donors (Lipinski definition) is 0. The van der Waals surface area contributed by atoms with E-state index < -0.39 is 0 Å². The minimum atomic E-state index is 0.293. The van der Waals surface area contributed by atoms with Gasteiger partial charge in [0.25, 0.3) is 0 Å². The number of benzene rings is 2. The van der Waals surface area contributed by atoms with Gasteiger partial charge in [-0.25, -0.2) is 0 Å². The molecule has 1 aliphatic carbocycles. The topological polar surface area (TPSA) is 0 Å². The summed E-state index contributed by atoms with van der Waals surface area (Å²) in [7, 11) is 0. The zero-order valence-corrected chi connectivity index (χ0v) is 15.1. The minimum absolute atomic E-state index is 0.293. The van der Waals surface area contributed by atoms with Crippen LogP contribution in [-0.2, 0) is 11.8 Å². The average molecular weight is 309 g/mol. The van der Waals surface area contributed by atoms with Gasteiger partial charge in [0.05, 0.1) is 0 Å². The molecule has 0 unspecified atom stereocenters. The van der Waals surface area contributed by atoms with Crippen LogP contribution in [-0.4, -0.2) is 0 Å². The molecule has 124 valence electrons. The first-order valence-electron chi connectivity index (χ1n) is 9.15. The number of rotatable bonds is 2. The molecule has 0 amide bonds. The summed E-state index contributed by atoms with van der Waals surface area (Å²) in [4.78, 5) is 0. The van der Waals surface area contributed by atoms with Crippen LogP contribution in [0, 0.1) is 5.92 Å². The molecule has 0 aliphatic heterocycles. The Morgan fingerprint density at radius 2 is 1.26 bits per heavy atom. The summed E-state index contributed by atoms with van der Waals surface area (Å²) in [6, 6.07) is 21.5. The predicted octanol–water partition coefficient (Wildman–Crippen LogP) is 6.79. The van der Waals surface area contributed by atoms with Gasteiger partial charge in [0, 0.05) is 0 Å².